The molecule has 0 amide bonds. The largest absolute Gasteiger partial charge is 0.353 e. The van der Waals surface area contributed by atoms with Gasteiger partial charge in [-0.25, -0.2) is 0 Å². The van der Waals surface area contributed by atoms with Gasteiger partial charge < -0.3 is 9.88 Å². The Kier molecular flexibility index (Phi) is 2.20. The van der Waals surface area contributed by atoms with Crippen LogP contribution in [0.3, 0.4) is 0 Å². The first-order chi connectivity index (χ1) is 10.3. The molecule has 2 heteroatoms. The van der Waals surface area contributed by atoms with Gasteiger partial charge in [-0.05, 0) is 18.6 Å². The summed E-state index contributed by atoms with van der Waals surface area (Å²) in [6, 6.07) is 18.9. The van der Waals surface area contributed by atoms with Gasteiger partial charge in [0.25, 0.3) is 0 Å². The third-order valence-corrected chi connectivity index (χ3v) is 5.41. The Labute approximate surface area is 124 Å². The van der Waals surface area contributed by atoms with Crippen molar-refractivity contribution in [1.29, 1.82) is 0 Å². The van der Waals surface area contributed by atoms with Crippen LogP contribution in [-0.2, 0) is 13.0 Å². The molecule has 0 aliphatic carbocycles. The number of nitrogens with one attached hydrogen (secondary N) is 2. The van der Waals surface area contributed by atoms with Crippen molar-refractivity contribution in [2.75, 3.05) is 0 Å². The molecule has 3 atom stereocenters. The van der Waals surface area contributed by atoms with E-state index in [4.69, 9.17) is 0 Å². The van der Waals surface area contributed by atoms with Crippen LogP contribution < -0.4 is 4.90 Å². The molecule has 0 spiro atoms. The number of aromatic nitrogens is 1. The van der Waals surface area contributed by atoms with Crippen molar-refractivity contribution in [3.63, 3.8) is 0 Å². The van der Waals surface area contributed by atoms with Gasteiger partial charge in [-0.2, -0.15) is 0 Å². The lowest BCUT2D eigenvalue weighted by Crippen LogP contribution is -3.14. The monoisotopic (exact) mass is 275 g/mol. The van der Waals surface area contributed by atoms with E-state index in [2.05, 4.69) is 60.4 Å². The van der Waals surface area contributed by atoms with E-state index in [1.807, 2.05) is 0 Å². The van der Waals surface area contributed by atoms with Crippen molar-refractivity contribution in [2.45, 2.75) is 32.0 Å². The Bertz CT molecular complexity index is 846. The van der Waals surface area contributed by atoms with Crippen molar-refractivity contribution >= 4 is 10.9 Å². The second-order valence-electron chi connectivity index (χ2n) is 6.55. The highest BCUT2D eigenvalue weighted by molar-refractivity contribution is 5.85. The number of rotatable bonds is 0. The van der Waals surface area contributed by atoms with Crippen molar-refractivity contribution in [3.05, 3.63) is 70.9 Å². The zero-order valence-electron chi connectivity index (χ0n) is 12.2. The molecule has 0 saturated carbocycles. The van der Waals surface area contributed by atoms with E-state index in [1.165, 1.54) is 34.1 Å². The fourth-order valence-corrected chi connectivity index (χ4v) is 4.42. The SMILES string of the molecule is C[C@H]1Cc2c([nH]c3ccccc23)[C@H]2c3ccccc3C[NH+]21. The van der Waals surface area contributed by atoms with Gasteiger partial charge in [-0.1, -0.05) is 42.5 Å². The average molecular weight is 275 g/mol. The van der Waals surface area contributed by atoms with Crippen LogP contribution in [0.1, 0.15) is 35.3 Å². The first kappa shape index (κ1) is 11.6. The highest BCUT2D eigenvalue weighted by atomic mass is 15.2. The first-order valence-corrected chi connectivity index (χ1v) is 7.86. The normalized spacial score (nSPS) is 26.4. The van der Waals surface area contributed by atoms with Crippen molar-refractivity contribution < 1.29 is 4.90 Å². The van der Waals surface area contributed by atoms with E-state index in [-0.39, 0.29) is 0 Å². The third kappa shape index (κ3) is 1.46. The van der Waals surface area contributed by atoms with E-state index >= 15 is 0 Å². The molecule has 21 heavy (non-hydrogen) atoms. The third-order valence-electron chi connectivity index (χ3n) is 5.41. The van der Waals surface area contributed by atoms with Gasteiger partial charge in [0.05, 0.1) is 11.7 Å². The second-order valence-corrected chi connectivity index (χ2v) is 6.55. The summed E-state index contributed by atoms with van der Waals surface area (Å²) in [7, 11) is 0. The Morgan fingerprint density at radius 1 is 1.05 bits per heavy atom. The van der Waals surface area contributed by atoms with E-state index < -0.39 is 0 Å². The van der Waals surface area contributed by atoms with Crippen LogP contribution in [0.25, 0.3) is 10.9 Å². The molecular formula is C19H19N2+. The summed E-state index contributed by atoms with van der Waals surface area (Å²) in [5.41, 5.74) is 7.33. The van der Waals surface area contributed by atoms with Crippen molar-refractivity contribution in [3.8, 4) is 0 Å². The highest BCUT2D eigenvalue weighted by Gasteiger charge is 2.44. The summed E-state index contributed by atoms with van der Waals surface area (Å²) in [6.45, 7) is 3.57. The Morgan fingerprint density at radius 3 is 2.81 bits per heavy atom. The van der Waals surface area contributed by atoms with Crippen LogP contribution in [0.5, 0.6) is 0 Å². The topological polar surface area (TPSA) is 20.2 Å². The molecular weight excluding hydrogens is 256 g/mol. The van der Waals surface area contributed by atoms with Crippen LogP contribution in [-0.4, -0.2) is 11.0 Å². The van der Waals surface area contributed by atoms with Gasteiger partial charge in [0, 0.05) is 28.5 Å². The van der Waals surface area contributed by atoms with Gasteiger partial charge in [-0.3, -0.25) is 0 Å². The lowest BCUT2D eigenvalue weighted by atomic mass is 9.91. The molecule has 2 aromatic carbocycles. The molecule has 0 fully saturated rings. The number of hydrogen-bond acceptors (Lipinski definition) is 0. The number of hydrogen-bond donors (Lipinski definition) is 2. The van der Waals surface area contributed by atoms with Crippen molar-refractivity contribution in [2.24, 2.45) is 0 Å². The van der Waals surface area contributed by atoms with Crippen molar-refractivity contribution in [1.82, 2.24) is 4.98 Å². The minimum absolute atomic E-state index is 0.493. The fourth-order valence-electron chi connectivity index (χ4n) is 4.42. The molecule has 3 aromatic rings. The molecule has 104 valence electrons. The summed E-state index contributed by atoms with van der Waals surface area (Å²) in [5.74, 6) is 0. The number of quaternary nitrogens is 1. The summed E-state index contributed by atoms with van der Waals surface area (Å²) >= 11 is 0. The van der Waals surface area contributed by atoms with E-state index in [0.717, 1.165) is 6.54 Å². The van der Waals surface area contributed by atoms with E-state index in [0.29, 0.717) is 12.1 Å². The first-order valence-electron chi connectivity index (χ1n) is 7.86. The molecule has 2 aliphatic rings. The maximum Gasteiger partial charge on any atom is 0.155 e. The Balaban J connectivity index is 1.80. The summed E-state index contributed by atoms with van der Waals surface area (Å²) in [5, 5.41) is 1.42. The lowest BCUT2D eigenvalue weighted by Gasteiger charge is -2.32. The van der Waals surface area contributed by atoms with Gasteiger partial charge in [0.15, 0.2) is 6.04 Å². The average Bonchev–Trinajstić information content (AvgIpc) is 3.06. The van der Waals surface area contributed by atoms with Crippen LogP contribution in [0.4, 0.5) is 0 Å². The maximum atomic E-state index is 3.73. The molecule has 0 saturated heterocycles. The molecule has 5 rings (SSSR count). The van der Waals surface area contributed by atoms with Gasteiger partial charge in [0.2, 0.25) is 0 Å². The molecule has 2 N–H and O–H groups in total. The molecule has 1 unspecified atom stereocenters. The number of para-hydroxylation sites is 1. The Morgan fingerprint density at radius 2 is 1.86 bits per heavy atom. The maximum absolute atomic E-state index is 3.73. The number of benzene rings is 2. The smallest absolute Gasteiger partial charge is 0.155 e. The molecule has 0 bridgehead atoms. The summed E-state index contributed by atoms with van der Waals surface area (Å²) < 4.78 is 0. The predicted molar refractivity (Wildman–Crippen MR) is 84.4 cm³/mol. The quantitative estimate of drug-likeness (QED) is 0.629. The molecule has 0 radical (unpaired) electrons. The van der Waals surface area contributed by atoms with Crippen LogP contribution in [0.2, 0.25) is 0 Å². The van der Waals surface area contributed by atoms with E-state index in [1.54, 1.807) is 10.5 Å². The highest BCUT2D eigenvalue weighted by Crippen LogP contribution is 2.36. The van der Waals surface area contributed by atoms with Crippen LogP contribution >= 0.6 is 0 Å². The Hall–Kier alpha value is -2.06. The van der Waals surface area contributed by atoms with Gasteiger partial charge in [-0.15, -0.1) is 0 Å². The molecule has 2 aliphatic heterocycles. The van der Waals surface area contributed by atoms with Gasteiger partial charge >= 0.3 is 0 Å². The van der Waals surface area contributed by atoms with Crippen LogP contribution in [0, 0.1) is 0 Å². The summed E-state index contributed by atoms with van der Waals surface area (Å²) in [4.78, 5) is 5.43. The minimum atomic E-state index is 0.493. The van der Waals surface area contributed by atoms with E-state index in [9.17, 15) is 0 Å². The molecule has 3 heterocycles. The minimum Gasteiger partial charge on any atom is -0.353 e. The predicted octanol–water partition coefficient (Wildman–Crippen LogP) is 2.60. The fraction of sp³-hybridized carbons (Fsp3) is 0.263. The number of aromatic amines is 1. The number of H-pyrrole nitrogens is 1. The zero-order valence-corrected chi connectivity index (χ0v) is 12.2. The standard InChI is InChI=1S/C19H18N2/c1-12-10-16-15-8-4-5-9-17(15)20-18(16)19-14-7-3-2-6-13(14)11-21(12)19/h2-9,12,19-20H,10-11H2,1H3/p+1/t12-,19+/m0/s1. The number of fused-ring (bicyclic) bond motifs is 7. The van der Waals surface area contributed by atoms with Gasteiger partial charge in [0.1, 0.15) is 6.54 Å². The summed E-state index contributed by atoms with van der Waals surface area (Å²) in [6.07, 6.45) is 1.18. The van der Waals surface area contributed by atoms with Crippen LogP contribution in [0.15, 0.2) is 48.5 Å². The second kappa shape index (κ2) is 3.99. The lowest BCUT2D eigenvalue weighted by molar-refractivity contribution is -0.957. The zero-order chi connectivity index (χ0) is 14.0. The molecule has 2 nitrogen and oxygen atoms in total. The molecule has 1 aromatic heterocycles.